The van der Waals surface area contributed by atoms with E-state index < -0.39 is 10.0 Å². The third-order valence-corrected chi connectivity index (χ3v) is 6.06. The number of nitrogens with zero attached hydrogens (tertiary/aromatic N) is 2. The van der Waals surface area contributed by atoms with E-state index in [9.17, 15) is 8.42 Å². The molecule has 1 aliphatic heterocycles. The van der Waals surface area contributed by atoms with Crippen LogP contribution in [0.3, 0.4) is 0 Å². The van der Waals surface area contributed by atoms with E-state index in [0.29, 0.717) is 5.69 Å². The molecule has 1 aliphatic rings. The molecule has 0 aromatic carbocycles. The SMILES string of the molecule is CCCNc1cccnc1S(=O)(=O)N1[C@H](C)CCC[C@@H]1C. The van der Waals surface area contributed by atoms with Gasteiger partial charge in [0, 0.05) is 24.8 Å². The molecule has 2 heterocycles. The van der Waals surface area contributed by atoms with E-state index in [-0.39, 0.29) is 17.1 Å². The van der Waals surface area contributed by atoms with E-state index in [1.807, 2.05) is 20.8 Å². The molecular weight excluding hydrogens is 286 g/mol. The summed E-state index contributed by atoms with van der Waals surface area (Å²) in [6.45, 7) is 6.75. The summed E-state index contributed by atoms with van der Waals surface area (Å²) in [5, 5.41) is 3.32. The number of hydrogen-bond acceptors (Lipinski definition) is 4. The molecule has 1 saturated heterocycles. The summed E-state index contributed by atoms with van der Waals surface area (Å²) in [6, 6.07) is 3.61. The molecule has 0 saturated carbocycles. The first-order chi connectivity index (χ1) is 9.98. The van der Waals surface area contributed by atoms with Crippen LogP contribution in [0.15, 0.2) is 23.4 Å². The topological polar surface area (TPSA) is 62.3 Å². The molecule has 2 rings (SSSR count). The Morgan fingerprint density at radius 3 is 2.62 bits per heavy atom. The molecule has 1 fully saturated rings. The second-order valence-corrected chi connectivity index (χ2v) is 7.51. The van der Waals surface area contributed by atoms with Crippen LogP contribution in [0, 0.1) is 0 Å². The standard InChI is InChI=1S/C15H25N3O2S/c1-4-10-16-14-9-6-11-17-15(14)21(19,20)18-12(2)7-5-8-13(18)3/h6,9,11-13,16H,4-5,7-8,10H2,1-3H3/t12-,13+. The summed E-state index contributed by atoms with van der Waals surface area (Å²) in [6.07, 6.45) is 5.38. The molecule has 118 valence electrons. The number of sulfonamides is 1. The Morgan fingerprint density at radius 1 is 1.33 bits per heavy atom. The van der Waals surface area contributed by atoms with Gasteiger partial charge in [0.25, 0.3) is 10.0 Å². The molecule has 2 atom stereocenters. The van der Waals surface area contributed by atoms with Crippen molar-refractivity contribution in [3.8, 4) is 0 Å². The van der Waals surface area contributed by atoms with Crippen LogP contribution in [0.5, 0.6) is 0 Å². The number of anilines is 1. The summed E-state index contributed by atoms with van der Waals surface area (Å²) in [7, 11) is -3.56. The molecule has 1 aromatic heterocycles. The fraction of sp³-hybridized carbons (Fsp3) is 0.667. The van der Waals surface area contributed by atoms with Crippen molar-refractivity contribution in [2.24, 2.45) is 0 Å². The average molecular weight is 311 g/mol. The first kappa shape index (κ1) is 16.2. The largest absolute Gasteiger partial charge is 0.383 e. The lowest BCUT2D eigenvalue weighted by molar-refractivity contribution is 0.204. The van der Waals surface area contributed by atoms with Crippen LogP contribution in [0.4, 0.5) is 5.69 Å². The quantitative estimate of drug-likeness (QED) is 0.908. The van der Waals surface area contributed by atoms with Gasteiger partial charge in [0.15, 0.2) is 5.03 Å². The van der Waals surface area contributed by atoms with E-state index in [2.05, 4.69) is 10.3 Å². The summed E-state index contributed by atoms with van der Waals surface area (Å²) >= 11 is 0. The first-order valence-electron chi connectivity index (χ1n) is 7.71. The summed E-state index contributed by atoms with van der Waals surface area (Å²) in [4.78, 5) is 4.16. The van der Waals surface area contributed by atoms with Crippen molar-refractivity contribution in [1.29, 1.82) is 0 Å². The third kappa shape index (κ3) is 3.37. The van der Waals surface area contributed by atoms with E-state index in [1.54, 1.807) is 22.6 Å². The van der Waals surface area contributed by atoms with E-state index in [1.165, 1.54) is 0 Å². The van der Waals surface area contributed by atoms with Crippen LogP contribution >= 0.6 is 0 Å². The molecule has 6 heteroatoms. The minimum absolute atomic E-state index is 0.0276. The molecule has 0 radical (unpaired) electrons. The summed E-state index contributed by atoms with van der Waals surface area (Å²) in [5.74, 6) is 0. The van der Waals surface area contributed by atoms with E-state index in [0.717, 1.165) is 32.2 Å². The van der Waals surface area contributed by atoms with Gasteiger partial charge in [0.05, 0.1) is 5.69 Å². The minimum atomic E-state index is -3.56. The van der Waals surface area contributed by atoms with Gasteiger partial charge in [-0.3, -0.25) is 0 Å². The van der Waals surface area contributed by atoms with Crippen molar-refractivity contribution in [2.75, 3.05) is 11.9 Å². The van der Waals surface area contributed by atoms with Gasteiger partial charge >= 0.3 is 0 Å². The smallest absolute Gasteiger partial charge is 0.263 e. The highest BCUT2D eigenvalue weighted by molar-refractivity contribution is 7.89. The fourth-order valence-electron chi connectivity index (χ4n) is 2.96. The van der Waals surface area contributed by atoms with Crippen molar-refractivity contribution in [3.05, 3.63) is 18.3 Å². The minimum Gasteiger partial charge on any atom is -0.383 e. The van der Waals surface area contributed by atoms with Gasteiger partial charge in [-0.2, -0.15) is 4.31 Å². The molecule has 0 amide bonds. The van der Waals surface area contributed by atoms with Crippen molar-refractivity contribution in [2.45, 2.75) is 63.6 Å². The number of hydrogen-bond donors (Lipinski definition) is 1. The number of aromatic nitrogens is 1. The maximum absolute atomic E-state index is 13.0. The summed E-state index contributed by atoms with van der Waals surface area (Å²) < 4.78 is 27.7. The normalized spacial score (nSPS) is 24.0. The Kier molecular flexibility index (Phi) is 5.22. The predicted octanol–water partition coefficient (Wildman–Crippen LogP) is 2.86. The maximum atomic E-state index is 13.0. The van der Waals surface area contributed by atoms with Gasteiger partial charge < -0.3 is 5.32 Å². The second-order valence-electron chi connectivity index (χ2n) is 5.75. The van der Waals surface area contributed by atoms with E-state index in [4.69, 9.17) is 0 Å². The highest BCUT2D eigenvalue weighted by atomic mass is 32.2. The predicted molar refractivity (Wildman–Crippen MR) is 84.8 cm³/mol. The number of nitrogens with one attached hydrogen (secondary N) is 1. The van der Waals surface area contributed by atoms with Gasteiger partial charge in [-0.05, 0) is 45.2 Å². The fourth-order valence-corrected chi connectivity index (χ4v) is 4.93. The average Bonchev–Trinajstić information content (AvgIpc) is 2.45. The molecular formula is C15H25N3O2S. The van der Waals surface area contributed by atoms with E-state index >= 15 is 0 Å². The first-order valence-corrected chi connectivity index (χ1v) is 9.15. The Morgan fingerprint density at radius 2 is 2.00 bits per heavy atom. The second kappa shape index (κ2) is 6.75. The molecule has 1 N–H and O–H groups in total. The lowest BCUT2D eigenvalue weighted by Crippen LogP contribution is -2.47. The highest BCUT2D eigenvalue weighted by Gasteiger charge is 2.37. The Bertz CT molecular complexity index is 564. The molecule has 21 heavy (non-hydrogen) atoms. The molecule has 0 unspecified atom stereocenters. The molecule has 0 spiro atoms. The molecule has 1 aromatic rings. The zero-order valence-corrected chi connectivity index (χ0v) is 13.9. The van der Waals surface area contributed by atoms with Crippen LogP contribution in [-0.4, -0.2) is 36.3 Å². The zero-order valence-electron chi connectivity index (χ0n) is 13.0. The lowest BCUT2D eigenvalue weighted by atomic mass is 10.0. The van der Waals surface area contributed by atoms with Gasteiger partial charge in [-0.1, -0.05) is 13.3 Å². The maximum Gasteiger partial charge on any atom is 0.263 e. The monoisotopic (exact) mass is 311 g/mol. The molecule has 5 nitrogen and oxygen atoms in total. The van der Waals surface area contributed by atoms with Gasteiger partial charge in [-0.15, -0.1) is 0 Å². The highest BCUT2D eigenvalue weighted by Crippen LogP contribution is 2.31. The molecule has 0 bridgehead atoms. The van der Waals surface area contributed by atoms with Crippen molar-refractivity contribution >= 4 is 15.7 Å². The number of pyridine rings is 1. The van der Waals surface area contributed by atoms with Crippen LogP contribution < -0.4 is 5.32 Å². The Balaban J connectivity index is 2.39. The number of rotatable bonds is 5. The van der Waals surface area contributed by atoms with Crippen LogP contribution in [0.2, 0.25) is 0 Å². The van der Waals surface area contributed by atoms with Crippen LogP contribution in [0.25, 0.3) is 0 Å². The molecule has 0 aliphatic carbocycles. The van der Waals surface area contributed by atoms with Crippen LogP contribution in [0.1, 0.15) is 46.5 Å². The summed E-state index contributed by atoms with van der Waals surface area (Å²) in [5.41, 5.74) is 0.601. The lowest BCUT2D eigenvalue weighted by Gasteiger charge is -2.37. The zero-order chi connectivity index (χ0) is 15.5. The van der Waals surface area contributed by atoms with Crippen molar-refractivity contribution in [1.82, 2.24) is 9.29 Å². The number of piperidine rings is 1. The van der Waals surface area contributed by atoms with Crippen molar-refractivity contribution in [3.63, 3.8) is 0 Å². The Labute approximate surface area is 127 Å². The third-order valence-electron chi connectivity index (χ3n) is 3.97. The van der Waals surface area contributed by atoms with Gasteiger partial charge in [0.1, 0.15) is 0 Å². The van der Waals surface area contributed by atoms with Gasteiger partial charge in [-0.25, -0.2) is 13.4 Å². The van der Waals surface area contributed by atoms with Crippen molar-refractivity contribution < 1.29 is 8.42 Å². The van der Waals surface area contributed by atoms with Gasteiger partial charge in [0.2, 0.25) is 0 Å². The Hall–Kier alpha value is -1.14. The van der Waals surface area contributed by atoms with Crippen LogP contribution in [-0.2, 0) is 10.0 Å².